The Hall–Kier alpha value is -4.52. The summed E-state index contributed by atoms with van der Waals surface area (Å²) in [5, 5.41) is 7.55. The molecule has 0 saturated carbocycles. The van der Waals surface area contributed by atoms with Gasteiger partial charge in [-0.15, -0.1) is 0 Å². The first-order valence-electron chi connectivity index (χ1n) is 12.3. The summed E-state index contributed by atoms with van der Waals surface area (Å²) in [5.74, 6) is -0.513. The van der Waals surface area contributed by atoms with Gasteiger partial charge in [-0.3, -0.25) is 9.59 Å². The predicted octanol–water partition coefficient (Wildman–Crippen LogP) is 5.96. The summed E-state index contributed by atoms with van der Waals surface area (Å²) in [6.45, 7) is 2.40. The quantitative estimate of drug-likeness (QED) is 0.276. The van der Waals surface area contributed by atoms with Gasteiger partial charge in [0.1, 0.15) is 18.2 Å². The highest BCUT2D eigenvalue weighted by Gasteiger charge is 2.18. The first-order valence-corrected chi connectivity index (χ1v) is 12.3. The maximum absolute atomic E-state index is 13.5. The van der Waals surface area contributed by atoms with E-state index in [9.17, 15) is 14.0 Å². The fourth-order valence-electron chi connectivity index (χ4n) is 3.81. The summed E-state index contributed by atoms with van der Waals surface area (Å²) in [6.07, 6.45) is 4.92. The van der Waals surface area contributed by atoms with Crippen molar-refractivity contribution in [2.45, 2.75) is 19.8 Å². The van der Waals surface area contributed by atoms with Crippen LogP contribution < -0.4 is 5.32 Å². The van der Waals surface area contributed by atoms with Crippen LogP contribution >= 0.6 is 0 Å². The number of unbranched alkanes of at least 4 members (excludes halogenated alkanes) is 1. The Kier molecular flexibility index (Phi) is 8.60. The lowest BCUT2D eigenvalue weighted by atomic mass is 10.1. The Labute approximate surface area is 216 Å². The van der Waals surface area contributed by atoms with Crippen LogP contribution in [-0.2, 0) is 9.59 Å². The van der Waals surface area contributed by atoms with Crippen LogP contribution in [0.1, 0.15) is 25.3 Å². The van der Waals surface area contributed by atoms with Crippen LogP contribution in [0.15, 0.2) is 97.1 Å². The molecular formula is C30H29FN4O2. The number of aromatic nitrogens is 2. The molecule has 0 spiro atoms. The van der Waals surface area contributed by atoms with E-state index in [0.717, 1.165) is 24.0 Å². The minimum atomic E-state index is -0.363. The average molecular weight is 497 g/mol. The Bertz CT molecular complexity index is 1350. The molecule has 188 valence electrons. The lowest BCUT2D eigenvalue weighted by Gasteiger charge is -2.20. The van der Waals surface area contributed by atoms with Crippen molar-refractivity contribution < 1.29 is 14.0 Å². The number of hydrogen-bond donors (Lipinski definition) is 1. The molecular weight excluding hydrogens is 467 g/mol. The number of benzene rings is 3. The number of halogens is 1. The Morgan fingerprint density at radius 2 is 1.65 bits per heavy atom. The highest BCUT2D eigenvalue weighted by molar-refractivity contribution is 5.98. The maximum atomic E-state index is 13.5. The Morgan fingerprint density at radius 1 is 0.973 bits per heavy atom. The summed E-state index contributed by atoms with van der Waals surface area (Å²) < 4.78 is 15.1. The predicted molar refractivity (Wildman–Crippen MR) is 145 cm³/mol. The second-order valence-electron chi connectivity index (χ2n) is 8.57. The number of carbonyl (C=O) groups excluding carboxylic acids is 2. The topological polar surface area (TPSA) is 67.2 Å². The highest BCUT2D eigenvalue weighted by Crippen LogP contribution is 2.25. The normalized spacial score (nSPS) is 11.0. The number of nitrogens with one attached hydrogen (secondary N) is 1. The molecule has 0 atom stereocenters. The monoisotopic (exact) mass is 496 g/mol. The third kappa shape index (κ3) is 7.01. The molecule has 6 nitrogen and oxygen atoms in total. The average Bonchev–Trinajstić information content (AvgIpc) is 3.34. The highest BCUT2D eigenvalue weighted by atomic mass is 19.1. The summed E-state index contributed by atoms with van der Waals surface area (Å²) in [6, 6.07) is 26.8. The molecule has 0 aliphatic rings. The molecule has 0 unspecified atom stereocenters. The minimum absolute atomic E-state index is 0.104. The Balaban J connectivity index is 1.55. The number of rotatable bonds is 10. The van der Waals surface area contributed by atoms with Crippen molar-refractivity contribution in [3.05, 3.63) is 108 Å². The molecule has 0 radical (unpaired) electrons. The van der Waals surface area contributed by atoms with Crippen LogP contribution in [0, 0.1) is 5.82 Å². The van der Waals surface area contributed by atoms with Crippen molar-refractivity contribution in [2.75, 3.05) is 18.4 Å². The third-order valence-corrected chi connectivity index (χ3v) is 5.76. The molecule has 0 bridgehead atoms. The van der Waals surface area contributed by atoms with Crippen LogP contribution in [0.25, 0.3) is 23.0 Å². The summed E-state index contributed by atoms with van der Waals surface area (Å²) >= 11 is 0. The molecule has 7 heteroatoms. The van der Waals surface area contributed by atoms with Crippen molar-refractivity contribution in [3.63, 3.8) is 0 Å². The van der Waals surface area contributed by atoms with Gasteiger partial charge < -0.3 is 10.2 Å². The lowest BCUT2D eigenvalue weighted by Crippen LogP contribution is -2.38. The summed E-state index contributed by atoms with van der Waals surface area (Å²) in [7, 11) is 0. The van der Waals surface area contributed by atoms with Gasteiger partial charge in [-0.1, -0.05) is 74.0 Å². The van der Waals surface area contributed by atoms with Crippen LogP contribution in [0.3, 0.4) is 0 Å². The molecule has 0 fully saturated rings. The van der Waals surface area contributed by atoms with E-state index in [0.29, 0.717) is 23.7 Å². The van der Waals surface area contributed by atoms with Gasteiger partial charge in [0, 0.05) is 24.3 Å². The van der Waals surface area contributed by atoms with Gasteiger partial charge in [0.15, 0.2) is 0 Å². The van der Waals surface area contributed by atoms with Gasteiger partial charge in [0.2, 0.25) is 11.8 Å². The zero-order valence-electron chi connectivity index (χ0n) is 20.7. The molecule has 0 aliphatic carbocycles. The van der Waals surface area contributed by atoms with Crippen molar-refractivity contribution in [1.29, 1.82) is 0 Å². The first kappa shape index (κ1) is 25.6. The van der Waals surface area contributed by atoms with Crippen molar-refractivity contribution in [1.82, 2.24) is 14.7 Å². The molecule has 1 aromatic heterocycles. The van der Waals surface area contributed by atoms with E-state index in [2.05, 4.69) is 10.4 Å². The van der Waals surface area contributed by atoms with Crippen LogP contribution in [0.4, 0.5) is 10.2 Å². The first-order chi connectivity index (χ1) is 18.0. The van der Waals surface area contributed by atoms with E-state index >= 15 is 0 Å². The second-order valence-corrected chi connectivity index (χ2v) is 8.57. The van der Waals surface area contributed by atoms with Gasteiger partial charge in [-0.05, 0) is 42.3 Å². The molecule has 3 aromatic carbocycles. The number of anilines is 1. The van der Waals surface area contributed by atoms with Crippen molar-refractivity contribution in [2.24, 2.45) is 0 Å². The number of hydrogen-bond acceptors (Lipinski definition) is 3. The fourth-order valence-corrected chi connectivity index (χ4v) is 3.81. The zero-order chi connectivity index (χ0) is 26.0. The third-order valence-electron chi connectivity index (χ3n) is 5.76. The van der Waals surface area contributed by atoms with Crippen LogP contribution in [-0.4, -0.2) is 39.6 Å². The van der Waals surface area contributed by atoms with Crippen LogP contribution in [0.5, 0.6) is 0 Å². The smallest absolute Gasteiger partial charge is 0.247 e. The van der Waals surface area contributed by atoms with Gasteiger partial charge >= 0.3 is 0 Å². The van der Waals surface area contributed by atoms with E-state index in [4.69, 9.17) is 0 Å². The molecule has 37 heavy (non-hydrogen) atoms. The lowest BCUT2D eigenvalue weighted by molar-refractivity contribution is -0.130. The molecule has 4 aromatic rings. The molecule has 0 aliphatic heterocycles. The van der Waals surface area contributed by atoms with E-state index in [1.165, 1.54) is 23.1 Å². The molecule has 2 amide bonds. The summed E-state index contributed by atoms with van der Waals surface area (Å²) in [5.41, 5.74) is 3.05. The standard InChI is InChI=1S/C30H29FN4O2/c1-2-3-20-34(30(37)19-14-23-10-6-4-7-11-23)22-29(36)32-28-21-27(24-12-8-5-9-13-24)33-35(28)26-17-15-25(31)16-18-26/h4-19,21H,2-3,20,22H2,1H3,(H,32,36)/b19-14+. The molecule has 1 N–H and O–H groups in total. The van der Waals surface area contributed by atoms with Crippen molar-refractivity contribution >= 4 is 23.7 Å². The zero-order valence-corrected chi connectivity index (χ0v) is 20.7. The van der Waals surface area contributed by atoms with Crippen LogP contribution in [0.2, 0.25) is 0 Å². The molecule has 1 heterocycles. The SMILES string of the molecule is CCCCN(CC(=O)Nc1cc(-c2ccccc2)nn1-c1ccc(F)cc1)C(=O)/C=C/c1ccccc1. The largest absolute Gasteiger partial charge is 0.330 e. The van der Waals surface area contributed by atoms with Gasteiger partial charge in [0.25, 0.3) is 0 Å². The van der Waals surface area contributed by atoms with Gasteiger partial charge in [-0.2, -0.15) is 5.10 Å². The Morgan fingerprint density at radius 3 is 2.32 bits per heavy atom. The van der Waals surface area contributed by atoms with Gasteiger partial charge in [-0.25, -0.2) is 9.07 Å². The maximum Gasteiger partial charge on any atom is 0.247 e. The fraction of sp³-hybridized carbons (Fsp3) is 0.167. The van der Waals surface area contributed by atoms with E-state index in [1.54, 1.807) is 29.0 Å². The van der Waals surface area contributed by atoms with Crippen molar-refractivity contribution in [3.8, 4) is 16.9 Å². The number of nitrogens with zero attached hydrogens (tertiary/aromatic N) is 3. The molecule has 0 saturated heterocycles. The second kappa shape index (κ2) is 12.4. The minimum Gasteiger partial charge on any atom is -0.330 e. The molecule has 4 rings (SSSR count). The number of carbonyl (C=O) groups is 2. The summed E-state index contributed by atoms with van der Waals surface area (Å²) in [4.78, 5) is 27.6. The van der Waals surface area contributed by atoms with E-state index < -0.39 is 0 Å². The van der Waals surface area contributed by atoms with E-state index in [1.807, 2.05) is 67.6 Å². The number of amides is 2. The van der Waals surface area contributed by atoms with Gasteiger partial charge in [0.05, 0.1) is 11.4 Å². The van der Waals surface area contributed by atoms with E-state index in [-0.39, 0.29) is 24.2 Å².